The monoisotopic (exact) mass is 338 g/mol. The summed E-state index contributed by atoms with van der Waals surface area (Å²) < 4.78 is 13.3. The summed E-state index contributed by atoms with van der Waals surface area (Å²) in [6, 6.07) is 14.5. The van der Waals surface area contributed by atoms with Gasteiger partial charge in [0.05, 0.1) is 12.8 Å². The van der Waals surface area contributed by atoms with Crippen molar-refractivity contribution in [3.63, 3.8) is 0 Å². The number of aliphatic hydroxyl groups is 1. The highest BCUT2D eigenvalue weighted by Crippen LogP contribution is 2.22. The summed E-state index contributed by atoms with van der Waals surface area (Å²) in [5.74, 6) is -1.98. The molecule has 0 aliphatic carbocycles. The number of nitrogens with one attached hydrogen (secondary N) is 1. The van der Waals surface area contributed by atoms with Gasteiger partial charge in [0, 0.05) is 11.1 Å². The Morgan fingerprint density at radius 3 is 2.60 bits per heavy atom. The van der Waals surface area contributed by atoms with Crippen molar-refractivity contribution >= 4 is 22.9 Å². The Labute approximate surface area is 143 Å². The number of fused-ring (bicyclic) bond motifs is 1. The zero-order valence-corrected chi connectivity index (χ0v) is 13.1. The lowest BCUT2D eigenvalue weighted by molar-refractivity contribution is 0.0954. The highest BCUT2D eigenvalue weighted by Gasteiger charge is 2.08. The quantitative estimate of drug-likeness (QED) is 0.505. The Bertz CT molecular complexity index is 970. The van der Waals surface area contributed by atoms with Crippen molar-refractivity contribution in [3.8, 4) is 5.75 Å². The maximum atomic E-state index is 13.3. The standard InChI is InChI=1S/C19H15FN2O3/c20-17-9-12(7-8-18(17)24)19(25)22-21-10-13-5-6-14(11-23)16-4-2-1-3-15(13)16/h1-10,23-24H,11H2,(H,22,25)/b21-10+. The molecule has 3 N–H and O–H groups in total. The molecule has 6 heteroatoms. The van der Waals surface area contributed by atoms with E-state index in [-0.39, 0.29) is 12.2 Å². The highest BCUT2D eigenvalue weighted by atomic mass is 19.1. The van der Waals surface area contributed by atoms with Crippen molar-refractivity contribution in [1.29, 1.82) is 0 Å². The van der Waals surface area contributed by atoms with Crippen molar-refractivity contribution < 1.29 is 19.4 Å². The number of halogens is 1. The van der Waals surface area contributed by atoms with Gasteiger partial charge in [-0.15, -0.1) is 0 Å². The molecule has 0 spiro atoms. The van der Waals surface area contributed by atoms with E-state index in [0.717, 1.165) is 34.0 Å². The van der Waals surface area contributed by atoms with Crippen LogP contribution in [-0.4, -0.2) is 22.3 Å². The maximum absolute atomic E-state index is 13.3. The van der Waals surface area contributed by atoms with E-state index in [1.165, 1.54) is 12.3 Å². The van der Waals surface area contributed by atoms with Crippen LogP contribution < -0.4 is 5.43 Å². The number of nitrogens with zero attached hydrogens (tertiary/aromatic N) is 1. The Hall–Kier alpha value is -3.25. The van der Waals surface area contributed by atoms with Gasteiger partial charge in [-0.3, -0.25) is 4.79 Å². The van der Waals surface area contributed by atoms with Crippen molar-refractivity contribution in [2.45, 2.75) is 6.61 Å². The summed E-state index contributed by atoms with van der Waals surface area (Å²) in [5.41, 5.74) is 3.94. The van der Waals surface area contributed by atoms with Crippen LogP contribution in [0, 0.1) is 5.82 Å². The smallest absolute Gasteiger partial charge is 0.271 e. The number of hydrogen-bond acceptors (Lipinski definition) is 4. The number of rotatable bonds is 4. The minimum absolute atomic E-state index is 0.0490. The molecule has 0 radical (unpaired) electrons. The van der Waals surface area contributed by atoms with Gasteiger partial charge in [-0.2, -0.15) is 5.10 Å². The predicted molar refractivity (Wildman–Crippen MR) is 93.0 cm³/mol. The molecule has 0 unspecified atom stereocenters. The maximum Gasteiger partial charge on any atom is 0.271 e. The topological polar surface area (TPSA) is 81.9 Å². The van der Waals surface area contributed by atoms with Crippen molar-refractivity contribution in [2.75, 3.05) is 0 Å². The number of aromatic hydroxyl groups is 1. The largest absolute Gasteiger partial charge is 0.505 e. The van der Waals surface area contributed by atoms with Gasteiger partial charge in [0.15, 0.2) is 11.6 Å². The van der Waals surface area contributed by atoms with Gasteiger partial charge < -0.3 is 10.2 Å². The molecule has 3 aromatic carbocycles. The van der Waals surface area contributed by atoms with Gasteiger partial charge in [-0.05, 0) is 34.5 Å². The summed E-state index contributed by atoms with van der Waals surface area (Å²) in [6.07, 6.45) is 1.48. The van der Waals surface area contributed by atoms with Crippen LogP contribution in [0.2, 0.25) is 0 Å². The first-order valence-corrected chi connectivity index (χ1v) is 7.53. The zero-order chi connectivity index (χ0) is 17.8. The van der Waals surface area contributed by atoms with Crippen molar-refractivity contribution in [1.82, 2.24) is 5.43 Å². The lowest BCUT2D eigenvalue weighted by Gasteiger charge is -2.07. The fourth-order valence-corrected chi connectivity index (χ4v) is 2.51. The summed E-state index contributed by atoms with van der Waals surface area (Å²) >= 11 is 0. The van der Waals surface area contributed by atoms with E-state index in [1.807, 2.05) is 24.3 Å². The number of phenolic OH excluding ortho intramolecular Hbond substituents is 1. The molecule has 1 amide bonds. The first-order chi connectivity index (χ1) is 12.1. The molecule has 0 saturated carbocycles. The number of benzene rings is 3. The summed E-state index contributed by atoms with van der Waals surface area (Å²) in [4.78, 5) is 12.0. The number of amides is 1. The Morgan fingerprint density at radius 2 is 1.88 bits per heavy atom. The Balaban J connectivity index is 1.82. The first-order valence-electron chi connectivity index (χ1n) is 7.53. The Morgan fingerprint density at radius 1 is 1.12 bits per heavy atom. The molecular weight excluding hydrogens is 323 g/mol. The van der Waals surface area contributed by atoms with Crippen LogP contribution in [0.5, 0.6) is 5.75 Å². The molecule has 3 rings (SSSR count). The second kappa shape index (κ2) is 7.11. The van der Waals surface area contributed by atoms with Gasteiger partial charge in [0.1, 0.15) is 0 Å². The molecule has 25 heavy (non-hydrogen) atoms. The van der Waals surface area contributed by atoms with E-state index in [9.17, 15) is 14.3 Å². The number of carbonyl (C=O) groups excluding carboxylic acids is 1. The summed E-state index contributed by atoms with van der Waals surface area (Å²) in [5, 5.41) is 24.2. The van der Waals surface area contributed by atoms with E-state index < -0.39 is 17.5 Å². The molecule has 0 atom stereocenters. The molecule has 0 fully saturated rings. The Kier molecular flexibility index (Phi) is 4.72. The second-order valence-electron chi connectivity index (χ2n) is 5.38. The minimum atomic E-state index is -0.873. The van der Waals surface area contributed by atoms with Crippen LogP contribution in [0.1, 0.15) is 21.5 Å². The fourth-order valence-electron chi connectivity index (χ4n) is 2.51. The molecular formula is C19H15FN2O3. The van der Waals surface area contributed by atoms with E-state index in [2.05, 4.69) is 10.5 Å². The van der Waals surface area contributed by atoms with Gasteiger partial charge in [0.2, 0.25) is 0 Å². The van der Waals surface area contributed by atoms with Gasteiger partial charge >= 0.3 is 0 Å². The lowest BCUT2D eigenvalue weighted by atomic mass is 10.0. The number of hydrogen-bond donors (Lipinski definition) is 3. The summed E-state index contributed by atoms with van der Waals surface area (Å²) in [6.45, 7) is -0.0684. The highest BCUT2D eigenvalue weighted by molar-refractivity contribution is 6.02. The van der Waals surface area contributed by atoms with Gasteiger partial charge in [-0.25, -0.2) is 9.82 Å². The fraction of sp³-hybridized carbons (Fsp3) is 0.0526. The van der Waals surface area contributed by atoms with E-state index in [4.69, 9.17) is 5.11 Å². The van der Waals surface area contributed by atoms with Crippen LogP contribution in [0.3, 0.4) is 0 Å². The third-order valence-electron chi connectivity index (χ3n) is 3.80. The average molecular weight is 338 g/mol. The average Bonchev–Trinajstić information content (AvgIpc) is 2.64. The number of aliphatic hydroxyl groups excluding tert-OH is 1. The third-order valence-corrected chi connectivity index (χ3v) is 3.80. The second-order valence-corrected chi connectivity index (χ2v) is 5.38. The lowest BCUT2D eigenvalue weighted by Crippen LogP contribution is -2.17. The molecule has 3 aromatic rings. The van der Waals surface area contributed by atoms with E-state index in [0.29, 0.717) is 0 Å². The van der Waals surface area contributed by atoms with Crippen LogP contribution in [0.15, 0.2) is 59.7 Å². The van der Waals surface area contributed by atoms with E-state index >= 15 is 0 Å². The SMILES string of the molecule is O=C(N/N=C/c1ccc(CO)c2ccccc12)c1ccc(O)c(F)c1. The molecule has 0 aromatic heterocycles. The molecule has 126 valence electrons. The minimum Gasteiger partial charge on any atom is -0.505 e. The number of carbonyl (C=O) groups is 1. The van der Waals surface area contributed by atoms with Crippen molar-refractivity contribution in [3.05, 3.63) is 77.1 Å². The number of phenols is 1. The van der Waals surface area contributed by atoms with E-state index in [1.54, 1.807) is 12.1 Å². The third kappa shape index (κ3) is 3.49. The van der Waals surface area contributed by atoms with Gasteiger partial charge in [0.25, 0.3) is 5.91 Å². The molecule has 0 aliphatic rings. The van der Waals surface area contributed by atoms with Crippen LogP contribution in [-0.2, 0) is 6.61 Å². The number of hydrazone groups is 1. The molecule has 0 saturated heterocycles. The van der Waals surface area contributed by atoms with Crippen LogP contribution in [0.25, 0.3) is 10.8 Å². The normalized spacial score (nSPS) is 11.1. The first kappa shape index (κ1) is 16.6. The molecule has 0 bridgehead atoms. The van der Waals surface area contributed by atoms with Crippen LogP contribution in [0.4, 0.5) is 4.39 Å². The molecule has 0 aliphatic heterocycles. The molecule has 5 nitrogen and oxygen atoms in total. The van der Waals surface area contributed by atoms with Gasteiger partial charge in [-0.1, -0.05) is 36.4 Å². The molecule has 0 heterocycles. The van der Waals surface area contributed by atoms with Crippen molar-refractivity contribution in [2.24, 2.45) is 5.10 Å². The predicted octanol–water partition coefficient (Wildman–Crippen LogP) is 2.94. The summed E-state index contributed by atoms with van der Waals surface area (Å²) in [7, 11) is 0. The zero-order valence-electron chi connectivity index (χ0n) is 13.1. The van der Waals surface area contributed by atoms with Crippen LogP contribution >= 0.6 is 0 Å².